The molecule has 4 aliphatic carbocycles. The lowest BCUT2D eigenvalue weighted by Gasteiger charge is -2.57. The Morgan fingerprint density at radius 3 is 2.05 bits per heavy atom. The Hall–Kier alpha value is -0.130. The predicted molar refractivity (Wildman–Crippen MR) is 74.5 cm³/mol. The molecule has 0 aliphatic heterocycles. The van der Waals surface area contributed by atoms with Crippen molar-refractivity contribution < 1.29 is 13.0 Å². The van der Waals surface area contributed by atoms with Crippen molar-refractivity contribution in [2.45, 2.75) is 44.9 Å². The SMILES string of the molecule is O=S(=O)(O)CCCNCC12CC3CC(CC(C3)C1)C2. The second-order valence-corrected chi connectivity index (χ2v) is 8.81. The van der Waals surface area contributed by atoms with Crippen molar-refractivity contribution in [3.05, 3.63) is 0 Å². The van der Waals surface area contributed by atoms with Gasteiger partial charge in [-0.2, -0.15) is 8.42 Å². The Morgan fingerprint density at radius 2 is 1.58 bits per heavy atom. The Kier molecular flexibility index (Phi) is 3.65. The van der Waals surface area contributed by atoms with Gasteiger partial charge in [0.2, 0.25) is 0 Å². The molecule has 0 radical (unpaired) electrons. The summed E-state index contributed by atoms with van der Waals surface area (Å²) in [5.41, 5.74) is 0.507. The van der Waals surface area contributed by atoms with Gasteiger partial charge in [0.1, 0.15) is 0 Å². The summed E-state index contributed by atoms with van der Waals surface area (Å²) in [4.78, 5) is 0. The summed E-state index contributed by atoms with van der Waals surface area (Å²) in [7, 11) is -3.79. The molecule has 19 heavy (non-hydrogen) atoms. The fraction of sp³-hybridized carbons (Fsp3) is 1.00. The minimum atomic E-state index is -3.79. The maximum Gasteiger partial charge on any atom is 0.264 e. The minimum Gasteiger partial charge on any atom is -0.316 e. The Bertz CT molecular complexity index is 397. The van der Waals surface area contributed by atoms with Gasteiger partial charge < -0.3 is 5.32 Å². The van der Waals surface area contributed by atoms with Crippen molar-refractivity contribution in [2.75, 3.05) is 18.8 Å². The van der Waals surface area contributed by atoms with Crippen LogP contribution in [0.5, 0.6) is 0 Å². The molecule has 4 bridgehead atoms. The van der Waals surface area contributed by atoms with E-state index in [4.69, 9.17) is 4.55 Å². The third-order valence-electron chi connectivity index (χ3n) is 5.42. The van der Waals surface area contributed by atoms with E-state index >= 15 is 0 Å². The highest BCUT2D eigenvalue weighted by atomic mass is 32.2. The maximum atomic E-state index is 10.6. The van der Waals surface area contributed by atoms with Crippen LogP contribution in [0.1, 0.15) is 44.9 Å². The van der Waals surface area contributed by atoms with Gasteiger partial charge in [0.25, 0.3) is 10.1 Å². The molecule has 0 atom stereocenters. The van der Waals surface area contributed by atoms with Crippen LogP contribution in [0.15, 0.2) is 0 Å². The summed E-state index contributed by atoms with van der Waals surface area (Å²) in [6.45, 7) is 1.74. The van der Waals surface area contributed by atoms with Crippen molar-refractivity contribution in [1.29, 1.82) is 0 Å². The van der Waals surface area contributed by atoms with E-state index in [-0.39, 0.29) is 5.75 Å². The van der Waals surface area contributed by atoms with Gasteiger partial charge in [-0.1, -0.05) is 0 Å². The molecule has 110 valence electrons. The summed E-state index contributed by atoms with van der Waals surface area (Å²) >= 11 is 0. The first kappa shape index (κ1) is 13.8. The molecule has 0 aromatic rings. The molecule has 4 nitrogen and oxygen atoms in total. The standard InChI is InChI=1S/C14H25NO3S/c16-19(17,18)3-1-2-15-10-14-7-11-4-12(8-14)6-13(5-11)9-14/h11-13,15H,1-10H2,(H,16,17,18). The van der Waals surface area contributed by atoms with E-state index in [0.29, 0.717) is 18.4 Å². The van der Waals surface area contributed by atoms with Gasteiger partial charge in [-0.05, 0) is 74.7 Å². The van der Waals surface area contributed by atoms with Gasteiger partial charge in [0.15, 0.2) is 0 Å². The monoisotopic (exact) mass is 287 g/mol. The summed E-state index contributed by atoms with van der Waals surface area (Å²) in [6.07, 6.45) is 9.02. The molecule has 4 fully saturated rings. The molecule has 5 heteroatoms. The zero-order chi connectivity index (χ0) is 13.5. The van der Waals surface area contributed by atoms with Gasteiger partial charge in [-0.15, -0.1) is 0 Å². The molecular weight excluding hydrogens is 262 g/mol. The van der Waals surface area contributed by atoms with Crippen LogP contribution >= 0.6 is 0 Å². The summed E-state index contributed by atoms with van der Waals surface area (Å²) in [5, 5.41) is 3.44. The first-order valence-corrected chi connectivity index (χ1v) is 9.21. The van der Waals surface area contributed by atoms with Crippen LogP contribution in [0, 0.1) is 23.2 Å². The van der Waals surface area contributed by atoms with Crippen molar-refractivity contribution in [2.24, 2.45) is 23.2 Å². The maximum absolute atomic E-state index is 10.6. The van der Waals surface area contributed by atoms with E-state index in [2.05, 4.69) is 5.32 Å². The van der Waals surface area contributed by atoms with Crippen LogP contribution in [0.25, 0.3) is 0 Å². The first-order valence-electron chi connectivity index (χ1n) is 7.60. The van der Waals surface area contributed by atoms with Crippen LogP contribution in [0.3, 0.4) is 0 Å². The van der Waals surface area contributed by atoms with E-state index in [1.807, 2.05) is 0 Å². The highest BCUT2D eigenvalue weighted by Gasteiger charge is 2.50. The molecule has 0 amide bonds. The van der Waals surface area contributed by atoms with E-state index in [1.54, 1.807) is 0 Å². The lowest BCUT2D eigenvalue weighted by atomic mass is 9.49. The highest BCUT2D eigenvalue weighted by Crippen LogP contribution is 2.59. The molecule has 0 aromatic carbocycles. The summed E-state index contributed by atoms with van der Waals surface area (Å²) < 4.78 is 30.0. The quantitative estimate of drug-likeness (QED) is 0.580. The lowest BCUT2D eigenvalue weighted by molar-refractivity contribution is -0.0511. The van der Waals surface area contributed by atoms with E-state index < -0.39 is 10.1 Å². The van der Waals surface area contributed by atoms with Gasteiger partial charge in [-0.3, -0.25) is 4.55 Å². The smallest absolute Gasteiger partial charge is 0.264 e. The van der Waals surface area contributed by atoms with Crippen LogP contribution in [-0.2, 0) is 10.1 Å². The molecule has 0 spiro atoms. The normalized spacial score (nSPS) is 40.8. The topological polar surface area (TPSA) is 66.4 Å². The van der Waals surface area contributed by atoms with Gasteiger partial charge in [0.05, 0.1) is 5.75 Å². The molecular formula is C14H25NO3S. The Balaban J connectivity index is 1.45. The molecule has 0 heterocycles. The van der Waals surface area contributed by atoms with Crippen molar-refractivity contribution >= 4 is 10.1 Å². The third-order valence-corrected chi connectivity index (χ3v) is 6.23. The lowest BCUT2D eigenvalue weighted by Crippen LogP contribution is -2.50. The zero-order valence-electron chi connectivity index (χ0n) is 11.5. The fourth-order valence-electron chi connectivity index (χ4n) is 5.24. The molecule has 4 aliphatic rings. The van der Waals surface area contributed by atoms with Gasteiger partial charge in [0, 0.05) is 6.54 Å². The molecule has 0 unspecified atom stereocenters. The van der Waals surface area contributed by atoms with E-state index in [0.717, 1.165) is 24.3 Å². The fourth-order valence-corrected chi connectivity index (χ4v) is 5.75. The van der Waals surface area contributed by atoms with E-state index in [9.17, 15) is 8.42 Å². The summed E-state index contributed by atoms with van der Waals surface area (Å²) in [5.74, 6) is 2.77. The van der Waals surface area contributed by atoms with Gasteiger partial charge >= 0.3 is 0 Å². The van der Waals surface area contributed by atoms with Crippen LogP contribution in [0.4, 0.5) is 0 Å². The molecule has 0 saturated heterocycles. The van der Waals surface area contributed by atoms with Crippen LogP contribution in [0.2, 0.25) is 0 Å². The predicted octanol–water partition coefficient (Wildman–Crippen LogP) is 2.07. The Morgan fingerprint density at radius 1 is 1.05 bits per heavy atom. The minimum absolute atomic E-state index is 0.124. The second-order valence-electron chi connectivity index (χ2n) is 7.23. The Labute approximate surface area is 116 Å². The first-order chi connectivity index (χ1) is 8.94. The molecule has 4 saturated carbocycles. The third kappa shape index (κ3) is 3.31. The van der Waals surface area contributed by atoms with Crippen molar-refractivity contribution in [3.8, 4) is 0 Å². The average molecular weight is 287 g/mol. The molecule has 0 aromatic heterocycles. The molecule has 2 N–H and O–H groups in total. The second kappa shape index (κ2) is 5.01. The van der Waals surface area contributed by atoms with Crippen molar-refractivity contribution in [3.63, 3.8) is 0 Å². The molecule has 4 rings (SSSR count). The largest absolute Gasteiger partial charge is 0.316 e. The number of nitrogens with one attached hydrogen (secondary N) is 1. The van der Waals surface area contributed by atoms with E-state index in [1.165, 1.54) is 38.5 Å². The van der Waals surface area contributed by atoms with Crippen molar-refractivity contribution in [1.82, 2.24) is 5.32 Å². The van der Waals surface area contributed by atoms with Crippen LogP contribution in [-0.4, -0.2) is 31.8 Å². The number of rotatable bonds is 6. The number of hydrogen-bond donors (Lipinski definition) is 2. The highest BCUT2D eigenvalue weighted by molar-refractivity contribution is 7.85. The number of hydrogen-bond acceptors (Lipinski definition) is 3. The van der Waals surface area contributed by atoms with Gasteiger partial charge in [-0.25, -0.2) is 0 Å². The zero-order valence-corrected chi connectivity index (χ0v) is 12.3. The average Bonchev–Trinajstić information content (AvgIpc) is 2.24. The van der Waals surface area contributed by atoms with Crippen LogP contribution < -0.4 is 5.32 Å². The summed E-state index contributed by atoms with van der Waals surface area (Å²) in [6, 6.07) is 0.